The van der Waals surface area contributed by atoms with E-state index < -0.39 is 11.3 Å². The van der Waals surface area contributed by atoms with Gasteiger partial charge in [-0.05, 0) is 60.5 Å². The minimum Gasteiger partial charge on any atom is -0.339 e. The summed E-state index contributed by atoms with van der Waals surface area (Å²) in [6.45, 7) is 13.0. The molecule has 3 aliphatic heterocycles. The van der Waals surface area contributed by atoms with E-state index in [0.29, 0.717) is 6.61 Å². The molecule has 0 aromatic rings. The molecule has 0 aliphatic carbocycles. The lowest BCUT2D eigenvalue weighted by molar-refractivity contribution is -0.313. The molecule has 6 nitrogen and oxygen atoms in total. The molecule has 0 aromatic carbocycles. The highest BCUT2D eigenvalue weighted by molar-refractivity contribution is 5.88. The topological polar surface area (TPSA) is 62.8 Å². The maximum Gasteiger partial charge on any atom is 0.254 e. The Labute approximate surface area is 139 Å². The highest BCUT2D eigenvalue weighted by Gasteiger charge is 2.62. The van der Waals surface area contributed by atoms with Gasteiger partial charge in [0.2, 0.25) is 0 Å². The number of nitrogens with one attached hydrogen (secondary N) is 2. The van der Waals surface area contributed by atoms with Gasteiger partial charge < -0.3 is 15.4 Å². The van der Waals surface area contributed by atoms with E-state index in [0.717, 1.165) is 38.8 Å². The molecule has 2 spiro atoms. The Morgan fingerprint density at radius 3 is 2.22 bits per heavy atom. The van der Waals surface area contributed by atoms with Gasteiger partial charge in [0, 0.05) is 23.9 Å². The van der Waals surface area contributed by atoms with Crippen LogP contribution in [0, 0.1) is 0 Å². The van der Waals surface area contributed by atoms with Crippen LogP contribution in [0.15, 0.2) is 0 Å². The Morgan fingerprint density at radius 2 is 1.70 bits per heavy atom. The average molecular weight is 325 g/mol. The summed E-state index contributed by atoms with van der Waals surface area (Å²) in [7, 11) is 0. The molecule has 3 aliphatic rings. The SMILES string of the molecule is CCON1C(C)(C)CC2(CC1(C)C)NC(=O)C1(CCNCC1)O2. The minimum atomic E-state index is -0.648. The largest absolute Gasteiger partial charge is 0.339 e. The number of carbonyl (C=O) groups excluding carboxylic acids is 1. The number of nitrogens with zero attached hydrogens (tertiary/aromatic N) is 1. The number of piperidine rings is 2. The second-order valence-electron chi connectivity index (χ2n) is 8.49. The molecule has 3 rings (SSSR count). The molecule has 6 heteroatoms. The van der Waals surface area contributed by atoms with Crippen LogP contribution in [0.2, 0.25) is 0 Å². The lowest BCUT2D eigenvalue weighted by Gasteiger charge is -2.56. The maximum absolute atomic E-state index is 12.7. The van der Waals surface area contributed by atoms with Crippen LogP contribution >= 0.6 is 0 Å². The van der Waals surface area contributed by atoms with Gasteiger partial charge >= 0.3 is 0 Å². The molecule has 0 aromatic heterocycles. The van der Waals surface area contributed by atoms with Crippen molar-refractivity contribution < 1.29 is 14.4 Å². The first-order valence-electron chi connectivity index (χ1n) is 8.82. The molecule has 1 amide bonds. The summed E-state index contributed by atoms with van der Waals surface area (Å²) in [6, 6.07) is 0. The highest BCUT2D eigenvalue weighted by atomic mass is 16.7. The fourth-order valence-corrected chi connectivity index (χ4v) is 4.99. The first-order valence-corrected chi connectivity index (χ1v) is 8.82. The molecule has 0 radical (unpaired) electrons. The summed E-state index contributed by atoms with van der Waals surface area (Å²) < 4.78 is 6.55. The van der Waals surface area contributed by atoms with Crippen molar-refractivity contribution in [3.63, 3.8) is 0 Å². The summed E-state index contributed by atoms with van der Waals surface area (Å²) in [6.07, 6.45) is 2.95. The standard InChI is InChI=1S/C17H31N3O3/c1-6-22-20-14(2,3)11-17(12-15(20,4)5)19-13(21)16(23-17)7-9-18-10-8-16/h18H,6-12H2,1-5H3,(H,19,21). The average Bonchev–Trinajstić information content (AvgIpc) is 2.65. The Morgan fingerprint density at radius 1 is 1.13 bits per heavy atom. The van der Waals surface area contributed by atoms with Crippen molar-refractivity contribution >= 4 is 5.91 Å². The van der Waals surface area contributed by atoms with Gasteiger partial charge in [-0.1, -0.05) is 0 Å². The molecule has 0 bridgehead atoms. The van der Waals surface area contributed by atoms with E-state index in [1.165, 1.54) is 0 Å². The van der Waals surface area contributed by atoms with Crippen molar-refractivity contribution in [1.82, 2.24) is 15.7 Å². The van der Waals surface area contributed by atoms with Crippen molar-refractivity contribution in [3.8, 4) is 0 Å². The number of hydrogen-bond donors (Lipinski definition) is 2. The zero-order chi connectivity index (χ0) is 16.9. The van der Waals surface area contributed by atoms with Crippen molar-refractivity contribution in [2.24, 2.45) is 0 Å². The van der Waals surface area contributed by atoms with Gasteiger partial charge in [0.1, 0.15) is 5.72 Å². The second-order valence-corrected chi connectivity index (χ2v) is 8.49. The van der Waals surface area contributed by atoms with Gasteiger partial charge in [-0.25, -0.2) is 0 Å². The van der Waals surface area contributed by atoms with Crippen LogP contribution in [0.1, 0.15) is 60.3 Å². The quantitative estimate of drug-likeness (QED) is 0.807. The zero-order valence-corrected chi connectivity index (χ0v) is 15.1. The smallest absolute Gasteiger partial charge is 0.254 e. The lowest BCUT2D eigenvalue weighted by atomic mass is 9.76. The molecule has 3 saturated heterocycles. The van der Waals surface area contributed by atoms with E-state index in [9.17, 15) is 4.79 Å². The molecule has 0 saturated carbocycles. The molecular weight excluding hydrogens is 294 g/mol. The van der Waals surface area contributed by atoms with Crippen LogP contribution in [-0.2, 0) is 14.4 Å². The third-order valence-corrected chi connectivity index (χ3v) is 5.35. The molecule has 3 heterocycles. The van der Waals surface area contributed by atoms with E-state index in [2.05, 4.69) is 43.4 Å². The van der Waals surface area contributed by atoms with Crippen molar-refractivity contribution in [3.05, 3.63) is 0 Å². The monoisotopic (exact) mass is 325 g/mol. The van der Waals surface area contributed by atoms with Crippen molar-refractivity contribution in [2.45, 2.75) is 82.7 Å². The summed E-state index contributed by atoms with van der Waals surface area (Å²) in [5, 5.41) is 8.64. The maximum atomic E-state index is 12.7. The molecule has 23 heavy (non-hydrogen) atoms. The van der Waals surface area contributed by atoms with E-state index in [1.54, 1.807) is 0 Å². The number of carbonyl (C=O) groups is 1. The van der Waals surface area contributed by atoms with Gasteiger partial charge in [-0.15, -0.1) is 0 Å². The lowest BCUT2D eigenvalue weighted by Crippen LogP contribution is -2.68. The van der Waals surface area contributed by atoms with E-state index >= 15 is 0 Å². The Bertz CT molecular complexity index is 465. The van der Waals surface area contributed by atoms with Crippen molar-refractivity contribution in [1.29, 1.82) is 0 Å². The summed E-state index contributed by atoms with van der Waals surface area (Å²) in [5.74, 6) is 0.0652. The van der Waals surface area contributed by atoms with Gasteiger partial charge in [-0.3, -0.25) is 9.63 Å². The number of rotatable bonds is 2. The summed E-state index contributed by atoms with van der Waals surface area (Å²) >= 11 is 0. The fourth-order valence-electron chi connectivity index (χ4n) is 4.99. The van der Waals surface area contributed by atoms with Gasteiger partial charge in [-0.2, -0.15) is 5.06 Å². The van der Waals surface area contributed by atoms with Crippen LogP contribution in [-0.4, -0.2) is 53.1 Å². The number of ether oxygens (including phenoxy) is 1. The third kappa shape index (κ3) is 2.80. The molecule has 132 valence electrons. The summed E-state index contributed by atoms with van der Waals surface area (Å²) in [4.78, 5) is 18.7. The molecule has 0 atom stereocenters. The predicted molar refractivity (Wildman–Crippen MR) is 87.7 cm³/mol. The second kappa shape index (κ2) is 5.41. The van der Waals surface area contributed by atoms with Crippen LogP contribution in [0.4, 0.5) is 0 Å². The molecule has 3 fully saturated rings. The molecular formula is C17H31N3O3. The molecule has 0 unspecified atom stereocenters. The Kier molecular flexibility index (Phi) is 4.03. The van der Waals surface area contributed by atoms with E-state index in [-0.39, 0.29) is 17.0 Å². The highest BCUT2D eigenvalue weighted by Crippen LogP contribution is 2.49. The van der Waals surface area contributed by atoms with Crippen molar-refractivity contribution in [2.75, 3.05) is 19.7 Å². The van der Waals surface area contributed by atoms with Crippen LogP contribution in [0.25, 0.3) is 0 Å². The minimum absolute atomic E-state index is 0.0652. The fraction of sp³-hybridized carbons (Fsp3) is 0.941. The number of amides is 1. The molecule has 2 N–H and O–H groups in total. The normalized spacial score (nSPS) is 31.4. The van der Waals surface area contributed by atoms with E-state index in [4.69, 9.17) is 9.57 Å². The van der Waals surface area contributed by atoms with Gasteiger partial charge in [0.25, 0.3) is 5.91 Å². The first-order chi connectivity index (χ1) is 10.6. The predicted octanol–water partition coefficient (Wildman–Crippen LogP) is 1.56. The van der Waals surface area contributed by atoms with Gasteiger partial charge in [0.15, 0.2) is 5.60 Å². The number of hydrogen-bond acceptors (Lipinski definition) is 5. The summed E-state index contributed by atoms with van der Waals surface area (Å²) in [5.41, 5.74) is -1.67. The number of hydroxylamine groups is 2. The van der Waals surface area contributed by atoms with Crippen LogP contribution in [0.5, 0.6) is 0 Å². The van der Waals surface area contributed by atoms with E-state index in [1.807, 2.05) is 6.92 Å². The Balaban J connectivity index is 1.88. The Hall–Kier alpha value is -0.690. The van der Waals surface area contributed by atoms with Crippen LogP contribution < -0.4 is 10.6 Å². The zero-order valence-electron chi connectivity index (χ0n) is 15.1. The third-order valence-electron chi connectivity index (χ3n) is 5.35. The van der Waals surface area contributed by atoms with Crippen LogP contribution in [0.3, 0.4) is 0 Å². The first kappa shape index (κ1) is 17.1. The van der Waals surface area contributed by atoms with Gasteiger partial charge in [0.05, 0.1) is 6.61 Å².